The minimum absolute atomic E-state index is 0.157. The summed E-state index contributed by atoms with van der Waals surface area (Å²) in [6, 6.07) is 0.157. The van der Waals surface area contributed by atoms with Crippen LogP contribution < -0.4 is 10.0 Å². The highest BCUT2D eigenvalue weighted by Crippen LogP contribution is 2.28. The zero-order valence-electron chi connectivity index (χ0n) is 10.0. The van der Waals surface area contributed by atoms with Crippen LogP contribution in [0.4, 0.5) is 0 Å². The van der Waals surface area contributed by atoms with Crippen molar-refractivity contribution < 1.29 is 8.42 Å². The fourth-order valence-electron chi connectivity index (χ4n) is 1.96. The molecule has 0 aliphatic heterocycles. The zero-order chi connectivity index (χ0) is 12.0. The van der Waals surface area contributed by atoms with Crippen LogP contribution in [-0.4, -0.2) is 44.8 Å². The van der Waals surface area contributed by atoms with Gasteiger partial charge in [0.1, 0.15) is 0 Å². The third-order valence-electron chi connectivity index (χ3n) is 2.86. The molecule has 1 saturated carbocycles. The van der Waals surface area contributed by atoms with Crippen LogP contribution in [0, 0.1) is 0 Å². The van der Waals surface area contributed by atoms with Crippen molar-refractivity contribution in [2.24, 2.45) is 0 Å². The van der Waals surface area contributed by atoms with Gasteiger partial charge in [0.25, 0.3) is 0 Å². The summed E-state index contributed by atoms with van der Waals surface area (Å²) in [5.74, 6) is 0.182. The predicted molar refractivity (Wildman–Crippen MR) is 70.4 cm³/mol. The second-order valence-electron chi connectivity index (χ2n) is 4.16. The molecule has 1 aliphatic carbocycles. The van der Waals surface area contributed by atoms with Crippen molar-refractivity contribution in [1.29, 1.82) is 0 Å². The molecule has 0 heterocycles. The van der Waals surface area contributed by atoms with Gasteiger partial charge in [0.2, 0.25) is 10.0 Å². The molecule has 0 spiro atoms. The standard InChI is InChI=1S/C10H22N2O2S2/c1-3-11-6-7-16(13,14)12-9-4-5-10(8-9)15-2/h9-12H,3-8H2,1-2H3. The van der Waals surface area contributed by atoms with E-state index < -0.39 is 10.0 Å². The molecule has 6 heteroatoms. The Morgan fingerprint density at radius 1 is 1.38 bits per heavy atom. The van der Waals surface area contributed by atoms with Gasteiger partial charge in [-0.15, -0.1) is 0 Å². The Morgan fingerprint density at radius 3 is 2.69 bits per heavy atom. The first-order valence-corrected chi connectivity index (χ1v) is 8.75. The Morgan fingerprint density at radius 2 is 2.12 bits per heavy atom. The molecule has 0 aromatic carbocycles. The van der Waals surface area contributed by atoms with Crippen LogP contribution in [0.3, 0.4) is 0 Å². The molecule has 4 nitrogen and oxygen atoms in total. The predicted octanol–water partition coefficient (Wildman–Crippen LogP) is 0.799. The first-order valence-electron chi connectivity index (χ1n) is 5.81. The van der Waals surface area contributed by atoms with E-state index in [2.05, 4.69) is 16.3 Å². The Kier molecular flexibility index (Phi) is 6.10. The van der Waals surface area contributed by atoms with Gasteiger partial charge in [0, 0.05) is 17.8 Å². The van der Waals surface area contributed by atoms with Crippen LogP contribution in [0.25, 0.3) is 0 Å². The molecular weight excluding hydrogens is 244 g/mol. The highest BCUT2D eigenvalue weighted by Gasteiger charge is 2.27. The van der Waals surface area contributed by atoms with E-state index in [1.165, 1.54) is 0 Å². The van der Waals surface area contributed by atoms with Gasteiger partial charge in [-0.1, -0.05) is 6.92 Å². The zero-order valence-corrected chi connectivity index (χ0v) is 11.7. The van der Waals surface area contributed by atoms with Crippen molar-refractivity contribution >= 4 is 21.8 Å². The van der Waals surface area contributed by atoms with E-state index >= 15 is 0 Å². The average molecular weight is 266 g/mol. The summed E-state index contributed by atoms with van der Waals surface area (Å²) in [6.07, 6.45) is 5.17. The lowest BCUT2D eigenvalue weighted by Gasteiger charge is -2.13. The first-order chi connectivity index (χ1) is 7.57. The number of nitrogens with one attached hydrogen (secondary N) is 2. The molecule has 0 amide bonds. The number of thioether (sulfide) groups is 1. The number of hydrogen-bond donors (Lipinski definition) is 2. The van der Waals surface area contributed by atoms with E-state index in [0.29, 0.717) is 11.8 Å². The van der Waals surface area contributed by atoms with Gasteiger partial charge in [-0.25, -0.2) is 13.1 Å². The molecule has 1 fully saturated rings. The molecule has 0 saturated heterocycles. The molecule has 0 bridgehead atoms. The minimum Gasteiger partial charge on any atom is -0.316 e. The lowest BCUT2D eigenvalue weighted by atomic mass is 10.3. The maximum atomic E-state index is 11.7. The first kappa shape index (κ1) is 14.3. The highest BCUT2D eigenvalue weighted by molar-refractivity contribution is 7.99. The van der Waals surface area contributed by atoms with Gasteiger partial charge in [-0.2, -0.15) is 11.8 Å². The molecule has 2 unspecified atom stereocenters. The minimum atomic E-state index is -3.09. The summed E-state index contributed by atoms with van der Waals surface area (Å²) in [6.45, 7) is 3.32. The molecular formula is C10H22N2O2S2. The molecule has 0 radical (unpaired) electrons. The van der Waals surface area contributed by atoms with Crippen LogP contribution in [-0.2, 0) is 10.0 Å². The third kappa shape index (κ3) is 5.03. The maximum Gasteiger partial charge on any atom is 0.213 e. The highest BCUT2D eigenvalue weighted by atomic mass is 32.2. The van der Waals surface area contributed by atoms with Gasteiger partial charge < -0.3 is 5.32 Å². The summed E-state index contributed by atoms with van der Waals surface area (Å²) < 4.78 is 26.2. The summed E-state index contributed by atoms with van der Waals surface area (Å²) in [4.78, 5) is 0. The number of rotatable bonds is 7. The Bertz CT molecular complexity index is 293. The smallest absolute Gasteiger partial charge is 0.213 e. The van der Waals surface area contributed by atoms with Crippen molar-refractivity contribution in [1.82, 2.24) is 10.0 Å². The fourth-order valence-corrected chi connectivity index (χ4v) is 4.01. The van der Waals surface area contributed by atoms with Gasteiger partial charge in [0.05, 0.1) is 5.75 Å². The molecule has 2 atom stereocenters. The van der Waals surface area contributed by atoms with E-state index in [-0.39, 0.29) is 11.8 Å². The van der Waals surface area contributed by atoms with Crippen LogP contribution in [0.15, 0.2) is 0 Å². The molecule has 1 rings (SSSR count). The van der Waals surface area contributed by atoms with Gasteiger partial charge in [0.15, 0.2) is 0 Å². The summed E-state index contributed by atoms with van der Waals surface area (Å²) in [5.41, 5.74) is 0. The Labute approximate surface area is 103 Å². The van der Waals surface area contributed by atoms with Crippen molar-refractivity contribution in [3.8, 4) is 0 Å². The van der Waals surface area contributed by atoms with E-state index in [1.54, 1.807) is 0 Å². The van der Waals surface area contributed by atoms with Crippen molar-refractivity contribution in [3.05, 3.63) is 0 Å². The van der Waals surface area contributed by atoms with Crippen LogP contribution in [0.1, 0.15) is 26.2 Å². The second-order valence-corrected chi connectivity index (χ2v) is 7.17. The van der Waals surface area contributed by atoms with E-state index in [4.69, 9.17) is 0 Å². The lowest BCUT2D eigenvalue weighted by molar-refractivity contribution is 0.550. The van der Waals surface area contributed by atoms with E-state index in [1.807, 2.05) is 18.7 Å². The SMILES string of the molecule is CCNCCS(=O)(=O)NC1CCC(SC)C1. The summed E-state index contributed by atoms with van der Waals surface area (Å²) in [7, 11) is -3.09. The van der Waals surface area contributed by atoms with Crippen molar-refractivity contribution in [2.75, 3.05) is 25.1 Å². The molecule has 0 aromatic rings. The monoisotopic (exact) mass is 266 g/mol. The topological polar surface area (TPSA) is 58.2 Å². The third-order valence-corrected chi connectivity index (χ3v) is 5.39. The quantitative estimate of drug-likeness (QED) is 0.669. The summed E-state index contributed by atoms with van der Waals surface area (Å²) in [5, 5.41) is 3.65. The summed E-state index contributed by atoms with van der Waals surface area (Å²) >= 11 is 1.84. The maximum absolute atomic E-state index is 11.7. The van der Waals surface area contributed by atoms with E-state index in [9.17, 15) is 8.42 Å². The van der Waals surface area contributed by atoms with Gasteiger partial charge in [-0.05, 0) is 32.1 Å². The van der Waals surface area contributed by atoms with Crippen molar-refractivity contribution in [3.63, 3.8) is 0 Å². The molecule has 0 aromatic heterocycles. The normalized spacial score (nSPS) is 26.1. The lowest BCUT2D eigenvalue weighted by Crippen LogP contribution is -2.37. The van der Waals surface area contributed by atoms with Gasteiger partial charge in [-0.3, -0.25) is 0 Å². The number of hydrogen-bond acceptors (Lipinski definition) is 4. The van der Waals surface area contributed by atoms with Crippen LogP contribution >= 0.6 is 11.8 Å². The van der Waals surface area contributed by atoms with Crippen LogP contribution in [0.2, 0.25) is 0 Å². The van der Waals surface area contributed by atoms with E-state index in [0.717, 1.165) is 25.8 Å². The van der Waals surface area contributed by atoms with Crippen molar-refractivity contribution in [2.45, 2.75) is 37.5 Å². The van der Waals surface area contributed by atoms with Crippen LogP contribution in [0.5, 0.6) is 0 Å². The molecule has 96 valence electrons. The second kappa shape index (κ2) is 6.83. The molecule has 1 aliphatic rings. The van der Waals surface area contributed by atoms with Gasteiger partial charge >= 0.3 is 0 Å². The Hall–Kier alpha value is 0.220. The fraction of sp³-hybridized carbons (Fsp3) is 1.00. The Balaban J connectivity index is 2.30. The molecule has 2 N–H and O–H groups in total. The molecule has 16 heavy (non-hydrogen) atoms. The number of sulfonamides is 1. The average Bonchev–Trinajstić information content (AvgIpc) is 2.65. The largest absolute Gasteiger partial charge is 0.316 e.